The average molecular weight is 309 g/mol. The number of hydrogen-bond acceptors (Lipinski definition) is 5. The van der Waals surface area contributed by atoms with E-state index in [1.165, 1.54) is 0 Å². The quantitative estimate of drug-likeness (QED) is 0.599. The molecule has 0 saturated heterocycles. The highest BCUT2D eigenvalue weighted by Gasteiger charge is 2.21. The van der Waals surface area contributed by atoms with Crippen LogP contribution in [-0.2, 0) is 17.6 Å². The van der Waals surface area contributed by atoms with Gasteiger partial charge in [0.2, 0.25) is 5.91 Å². The number of rotatable bonds is 10. The molecular formula is C16H27N3O3. The number of aliphatic hydroxyl groups excluding tert-OH is 2. The van der Waals surface area contributed by atoms with E-state index in [-0.39, 0.29) is 18.9 Å². The van der Waals surface area contributed by atoms with Gasteiger partial charge >= 0.3 is 0 Å². The van der Waals surface area contributed by atoms with E-state index in [4.69, 9.17) is 0 Å². The summed E-state index contributed by atoms with van der Waals surface area (Å²) >= 11 is 0. The van der Waals surface area contributed by atoms with E-state index in [0.717, 1.165) is 31.4 Å². The molecule has 22 heavy (non-hydrogen) atoms. The molecule has 1 aromatic heterocycles. The highest BCUT2D eigenvalue weighted by molar-refractivity contribution is 5.76. The summed E-state index contributed by atoms with van der Waals surface area (Å²) in [6, 6.07) is -0.680. The van der Waals surface area contributed by atoms with Crippen LogP contribution in [0, 0.1) is 0 Å². The van der Waals surface area contributed by atoms with Crippen LogP contribution in [0.3, 0.4) is 0 Å². The Morgan fingerprint density at radius 2 is 1.91 bits per heavy atom. The minimum Gasteiger partial charge on any atom is -0.394 e. The minimum absolute atomic E-state index is 0.165. The number of nitrogens with zero attached hydrogens (tertiary/aromatic N) is 2. The van der Waals surface area contributed by atoms with Crippen molar-refractivity contribution in [1.82, 2.24) is 15.3 Å². The Morgan fingerprint density at radius 3 is 2.45 bits per heavy atom. The lowest BCUT2D eigenvalue weighted by molar-refractivity contribution is -0.123. The second-order valence-corrected chi connectivity index (χ2v) is 5.48. The Morgan fingerprint density at radius 1 is 1.23 bits per heavy atom. The molecule has 2 atom stereocenters. The molecule has 1 aromatic rings. The fourth-order valence-corrected chi connectivity index (χ4v) is 2.10. The van der Waals surface area contributed by atoms with Gasteiger partial charge in [0, 0.05) is 25.2 Å². The predicted octanol–water partition coefficient (Wildman–Crippen LogP) is 1.000. The van der Waals surface area contributed by atoms with Crippen molar-refractivity contribution in [2.24, 2.45) is 0 Å². The number of aryl methyl sites for hydroxylation is 1. The van der Waals surface area contributed by atoms with Crippen LogP contribution < -0.4 is 5.32 Å². The molecule has 0 spiro atoms. The molecule has 0 aliphatic rings. The summed E-state index contributed by atoms with van der Waals surface area (Å²) in [5, 5.41) is 22.1. The third kappa shape index (κ3) is 6.49. The molecular weight excluding hydrogens is 282 g/mol. The maximum absolute atomic E-state index is 11.6. The van der Waals surface area contributed by atoms with E-state index in [9.17, 15) is 15.0 Å². The van der Waals surface area contributed by atoms with Crippen LogP contribution in [0.15, 0.2) is 12.4 Å². The molecule has 0 saturated carbocycles. The normalized spacial score (nSPS) is 13.6. The van der Waals surface area contributed by atoms with Gasteiger partial charge in [-0.05, 0) is 19.3 Å². The van der Waals surface area contributed by atoms with Crippen molar-refractivity contribution in [2.45, 2.75) is 64.5 Å². The highest BCUT2D eigenvalue weighted by atomic mass is 16.3. The first kappa shape index (κ1) is 18.5. The minimum atomic E-state index is -0.887. The van der Waals surface area contributed by atoms with Gasteiger partial charge in [0.05, 0.1) is 30.1 Å². The van der Waals surface area contributed by atoms with Gasteiger partial charge in [0.25, 0.3) is 0 Å². The molecule has 0 radical (unpaired) electrons. The van der Waals surface area contributed by atoms with Crippen LogP contribution in [0.4, 0.5) is 0 Å². The average Bonchev–Trinajstić information content (AvgIpc) is 2.52. The first-order valence-corrected chi connectivity index (χ1v) is 7.98. The van der Waals surface area contributed by atoms with Crippen molar-refractivity contribution >= 4 is 5.91 Å². The maximum atomic E-state index is 11.6. The summed E-state index contributed by atoms with van der Waals surface area (Å²) in [5.41, 5.74) is 1.59. The van der Waals surface area contributed by atoms with Gasteiger partial charge in [-0.2, -0.15) is 0 Å². The monoisotopic (exact) mass is 309 g/mol. The third-order valence-electron chi connectivity index (χ3n) is 3.45. The van der Waals surface area contributed by atoms with Crippen molar-refractivity contribution in [3.63, 3.8) is 0 Å². The molecule has 6 heteroatoms. The number of unbranched alkanes of at least 4 members (excludes halogenated alkanes) is 1. The zero-order valence-corrected chi connectivity index (χ0v) is 13.5. The van der Waals surface area contributed by atoms with Crippen LogP contribution in [0.5, 0.6) is 0 Å². The zero-order chi connectivity index (χ0) is 16.4. The number of carbonyl (C=O) groups is 1. The van der Waals surface area contributed by atoms with Crippen LogP contribution in [-0.4, -0.2) is 44.8 Å². The molecule has 1 heterocycles. The van der Waals surface area contributed by atoms with Crippen LogP contribution in [0.25, 0.3) is 0 Å². The van der Waals surface area contributed by atoms with Crippen molar-refractivity contribution in [1.29, 1.82) is 0 Å². The molecule has 0 unspecified atom stereocenters. The Balaban J connectivity index is 2.54. The van der Waals surface area contributed by atoms with Crippen LogP contribution >= 0.6 is 0 Å². The summed E-state index contributed by atoms with van der Waals surface area (Å²) in [7, 11) is 0. The summed E-state index contributed by atoms with van der Waals surface area (Å²) in [6.07, 6.45) is 6.93. The van der Waals surface area contributed by atoms with Crippen LogP contribution in [0.2, 0.25) is 0 Å². The molecule has 0 fully saturated rings. The van der Waals surface area contributed by atoms with E-state index >= 15 is 0 Å². The van der Waals surface area contributed by atoms with E-state index in [1.54, 1.807) is 12.4 Å². The number of amides is 1. The van der Waals surface area contributed by atoms with Crippen molar-refractivity contribution in [3.05, 3.63) is 23.8 Å². The fraction of sp³-hybridized carbons (Fsp3) is 0.688. The second-order valence-electron chi connectivity index (χ2n) is 5.48. The lowest BCUT2D eigenvalue weighted by atomic mass is 10.1. The molecule has 0 aromatic carbocycles. The molecule has 6 nitrogen and oxygen atoms in total. The van der Waals surface area contributed by atoms with Gasteiger partial charge < -0.3 is 15.5 Å². The number of nitrogens with one attached hydrogen (secondary N) is 1. The molecule has 0 aliphatic heterocycles. The summed E-state index contributed by atoms with van der Waals surface area (Å²) < 4.78 is 0. The van der Waals surface area contributed by atoms with Gasteiger partial charge in [0.1, 0.15) is 0 Å². The number of aromatic nitrogens is 2. The van der Waals surface area contributed by atoms with Gasteiger partial charge in [-0.1, -0.05) is 20.3 Å². The van der Waals surface area contributed by atoms with E-state index in [1.807, 2.05) is 6.92 Å². The third-order valence-corrected chi connectivity index (χ3v) is 3.45. The van der Waals surface area contributed by atoms with E-state index in [2.05, 4.69) is 22.2 Å². The van der Waals surface area contributed by atoms with E-state index in [0.29, 0.717) is 12.1 Å². The fourth-order valence-electron chi connectivity index (χ4n) is 2.10. The highest BCUT2D eigenvalue weighted by Crippen LogP contribution is 2.06. The molecule has 124 valence electrons. The first-order chi connectivity index (χ1) is 10.6. The second kappa shape index (κ2) is 10.2. The number of carbonyl (C=O) groups excluding carboxylic acids is 1. The smallest absolute Gasteiger partial charge is 0.220 e. The largest absolute Gasteiger partial charge is 0.394 e. The Hall–Kier alpha value is -1.53. The Bertz CT molecular complexity index is 437. The molecule has 1 rings (SSSR count). The standard InChI is InChI=1S/C16H27N3O3/c1-3-5-7-12-9-18-13(10-17-12)8-15(21)14(11-20)19-16(22)6-4-2/h9-10,14-15,20-21H,3-8,11H2,1-2H3,(H,19,22)/t14-,15+/m0/s1. The van der Waals surface area contributed by atoms with Crippen molar-refractivity contribution in [2.75, 3.05) is 6.61 Å². The molecule has 0 bridgehead atoms. The molecule has 3 N–H and O–H groups in total. The summed E-state index contributed by atoms with van der Waals surface area (Å²) in [4.78, 5) is 20.2. The topological polar surface area (TPSA) is 95.3 Å². The Labute approximate surface area is 132 Å². The lowest BCUT2D eigenvalue weighted by Gasteiger charge is -2.22. The Kier molecular flexibility index (Phi) is 8.62. The van der Waals surface area contributed by atoms with Gasteiger partial charge in [-0.15, -0.1) is 0 Å². The number of aliphatic hydroxyl groups is 2. The first-order valence-electron chi connectivity index (χ1n) is 7.98. The van der Waals surface area contributed by atoms with Gasteiger partial charge in [0.15, 0.2) is 0 Å². The van der Waals surface area contributed by atoms with Crippen LogP contribution in [0.1, 0.15) is 50.9 Å². The lowest BCUT2D eigenvalue weighted by Crippen LogP contribution is -2.46. The maximum Gasteiger partial charge on any atom is 0.220 e. The zero-order valence-electron chi connectivity index (χ0n) is 13.5. The summed E-state index contributed by atoms with van der Waals surface area (Å²) in [5.74, 6) is -0.165. The van der Waals surface area contributed by atoms with Crippen molar-refractivity contribution in [3.8, 4) is 0 Å². The molecule has 1 amide bonds. The SMILES string of the molecule is CCCCc1cnc(C[C@@H](O)[C@H](CO)NC(=O)CCC)cn1. The molecule has 0 aliphatic carbocycles. The van der Waals surface area contributed by atoms with Crippen molar-refractivity contribution < 1.29 is 15.0 Å². The number of hydrogen-bond donors (Lipinski definition) is 3. The van der Waals surface area contributed by atoms with Gasteiger partial charge in [-0.3, -0.25) is 14.8 Å². The predicted molar refractivity (Wildman–Crippen MR) is 84.3 cm³/mol. The van der Waals surface area contributed by atoms with Gasteiger partial charge in [-0.25, -0.2) is 0 Å². The van der Waals surface area contributed by atoms with E-state index < -0.39 is 12.1 Å². The summed E-state index contributed by atoms with van der Waals surface area (Å²) in [6.45, 7) is 3.72.